The lowest BCUT2D eigenvalue weighted by molar-refractivity contribution is -0.197. The van der Waals surface area contributed by atoms with Crippen LogP contribution in [0, 0.1) is 5.92 Å². The molecule has 118 valence electrons. The van der Waals surface area contributed by atoms with Crippen molar-refractivity contribution in [3.63, 3.8) is 0 Å². The van der Waals surface area contributed by atoms with Crippen molar-refractivity contribution in [2.75, 3.05) is 0 Å². The van der Waals surface area contributed by atoms with Crippen molar-refractivity contribution in [2.45, 2.75) is 25.9 Å². The second-order valence-electron chi connectivity index (χ2n) is 4.97. The summed E-state index contributed by atoms with van der Waals surface area (Å²) in [5.41, 5.74) is -0.548. The third-order valence-corrected chi connectivity index (χ3v) is 3.15. The molecule has 1 atom stereocenters. The lowest BCUT2D eigenvalue weighted by atomic mass is 10.1. The number of carbonyl (C=O) groups excluding carboxylic acids is 3. The summed E-state index contributed by atoms with van der Waals surface area (Å²) in [7, 11) is 0. The van der Waals surface area contributed by atoms with Gasteiger partial charge < -0.3 is 4.84 Å². The monoisotopic (exact) mass is 315 g/mol. The first-order chi connectivity index (χ1) is 10.2. The summed E-state index contributed by atoms with van der Waals surface area (Å²) in [4.78, 5) is 39.3. The van der Waals surface area contributed by atoms with Crippen LogP contribution in [0.3, 0.4) is 0 Å². The minimum Gasteiger partial charge on any atom is -0.330 e. The molecule has 0 radical (unpaired) electrons. The zero-order valence-electron chi connectivity index (χ0n) is 11.5. The van der Waals surface area contributed by atoms with Crippen LogP contribution in [0.25, 0.3) is 0 Å². The number of nitrogens with zero attached hydrogens (tertiary/aromatic N) is 1. The van der Waals surface area contributed by atoms with Crippen LogP contribution in [0.5, 0.6) is 0 Å². The van der Waals surface area contributed by atoms with Crippen molar-refractivity contribution >= 4 is 17.8 Å². The molecule has 0 N–H and O–H groups in total. The van der Waals surface area contributed by atoms with E-state index < -0.39 is 35.4 Å². The number of halogens is 3. The number of hydrogen-bond acceptors (Lipinski definition) is 4. The Bertz CT molecular complexity index is 610. The summed E-state index contributed by atoms with van der Waals surface area (Å²) in [5.74, 6) is -2.66. The predicted molar refractivity (Wildman–Crippen MR) is 66.9 cm³/mol. The van der Waals surface area contributed by atoms with Gasteiger partial charge >= 0.3 is 12.1 Å². The first-order valence-corrected chi connectivity index (χ1v) is 6.42. The van der Waals surface area contributed by atoms with Gasteiger partial charge in [0.25, 0.3) is 11.8 Å². The Morgan fingerprint density at radius 3 is 2.32 bits per heavy atom. The van der Waals surface area contributed by atoms with Crippen LogP contribution in [0.4, 0.5) is 13.2 Å². The molecular formula is C14H12F3NO4. The van der Waals surface area contributed by atoms with Crippen molar-refractivity contribution in [1.29, 1.82) is 0 Å². The molecule has 0 saturated carbocycles. The van der Waals surface area contributed by atoms with E-state index in [0.29, 0.717) is 5.06 Å². The summed E-state index contributed by atoms with van der Waals surface area (Å²) in [6.45, 7) is 1.53. The first kappa shape index (κ1) is 16.0. The first-order valence-electron chi connectivity index (χ1n) is 6.42. The van der Waals surface area contributed by atoms with E-state index in [2.05, 4.69) is 4.84 Å². The standard InChI is InChI=1S/C14H12F3NO4/c1-8-6-11(19)18(13(8)21)22-12(20)7-9-2-4-10(5-3-9)14(15,16)17/h2-5,8H,6-7H2,1H3. The zero-order chi connectivity index (χ0) is 16.5. The Kier molecular flexibility index (Phi) is 4.20. The largest absolute Gasteiger partial charge is 0.416 e. The number of benzene rings is 1. The Morgan fingerprint density at radius 2 is 1.86 bits per heavy atom. The number of amides is 2. The molecule has 1 aliphatic heterocycles. The molecule has 2 amide bonds. The second-order valence-corrected chi connectivity index (χ2v) is 4.97. The summed E-state index contributed by atoms with van der Waals surface area (Å²) < 4.78 is 37.2. The molecule has 1 aromatic carbocycles. The molecule has 0 aliphatic carbocycles. The van der Waals surface area contributed by atoms with Crippen molar-refractivity contribution in [3.8, 4) is 0 Å². The van der Waals surface area contributed by atoms with Gasteiger partial charge in [-0.15, -0.1) is 5.06 Å². The molecule has 1 unspecified atom stereocenters. The van der Waals surface area contributed by atoms with Crippen molar-refractivity contribution < 1.29 is 32.4 Å². The minimum atomic E-state index is -4.45. The molecule has 1 aliphatic rings. The third-order valence-electron chi connectivity index (χ3n) is 3.15. The second kappa shape index (κ2) is 5.78. The van der Waals surface area contributed by atoms with Gasteiger partial charge in [-0.2, -0.15) is 13.2 Å². The van der Waals surface area contributed by atoms with Crippen molar-refractivity contribution in [1.82, 2.24) is 5.06 Å². The van der Waals surface area contributed by atoms with Gasteiger partial charge in [0.05, 0.1) is 12.0 Å². The number of hydroxylamine groups is 2. The van der Waals surface area contributed by atoms with Crippen LogP contribution in [0.2, 0.25) is 0 Å². The van der Waals surface area contributed by atoms with Gasteiger partial charge in [0.15, 0.2) is 0 Å². The number of imide groups is 1. The fraction of sp³-hybridized carbons (Fsp3) is 0.357. The maximum atomic E-state index is 12.4. The minimum absolute atomic E-state index is 0.0353. The zero-order valence-corrected chi connectivity index (χ0v) is 11.5. The van der Waals surface area contributed by atoms with Gasteiger partial charge in [0.2, 0.25) is 0 Å². The van der Waals surface area contributed by atoms with Crippen LogP contribution in [-0.4, -0.2) is 22.8 Å². The van der Waals surface area contributed by atoms with Gasteiger partial charge in [0.1, 0.15) is 0 Å². The average Bonchev–Trinajstić information content (AvgIpc) is 2.65. The Balaban J connectivity index is 1.98. The number of alkyl halides is 3. The Labute approximate surface area is 123 Å². The van der Waals surface area contributed by atoms with E-state index in [1.54, 1.807) is 0 Å². The lowest BCUT2D eigenvalue weighted by Crippen LogP contribution is -2.33. The molecule has 0 aromatic heterocycles. The fourth-order valence-corrected chi connectivity index (χ4v) is 1.96. The maximum absolute atomic E-state index is 12.4. The molecule has 0 bridgehead atoms. The highest BCUT2D eigenvalue weighted by molar-refractivity contribution is 6.03. The van der Waals surface area contributed by atoms with Crippen molar-refractivity contribution in [2.24, 2.45) is 5.92 Å². The highest BCUT2D eigenvalue weighted by Gasteiger charge is 2.38. The summed E-state index contributed by atoms with van der Waals surface area (Å²) >= 11 is 0. The smallest absolute Gasteiger partial charge is 0.330 e. The van der Waals surface area contributed by atoms with Crippen LogP contribution in [-0.2, 0) is 31.8 Å². The van der Waals surface area contributed by atoms with Crippen LogP contribution < -0.4 is 0 Å². The molecule has 22 heavy (non-hydrogen) atoms. The van der Waals surface area contributed by atoms with E-state index in [-0.39, 0.29) is 18.4 Å². The quantitative estimate of drug-likeness (QED) is 0.801. The summed E-state index contributed by atoms with van der Waals surface area (Å²) in [6.07, 6.45) is -4.83. The van der Waals surface area contributed by atoms with Gasteiger partial charge in [-0.1, -0.05) is 19.1 Å². The van der Waals surface area contributed by atoms with E-state index in [9.17, 15) is 27.6 Å². The maximum Gasteiger partial charge on any atom is 0.416 e. The topological polar surface area (TPSA) is 63.7 Å². The summed E-state index contributed by atoms with van der Waals surface area (Å²) in [6, 6.07) is 3.97. The molecule has 2 rings (SSSR count). The molecule has 0 spiro atoms. The lowest BCUT2D eigenvalue weighted by Gasteiger charge is -2.13. The molecule has 1 heterocycles. The van der Waals surface area contributed by atoms with Crippen LogP contribution in [0.1, 0.15) is 24.5 Å². The average molecular weight is 315 g/mol. The van der Waals surface area contributed by atoms with E-state index in [4.69, 9.17) is 0 Å². The molecule has 5 nitrogen and oxygen atoms in total. The molecular weight excluding hydrogens is 303 g/mol. The van der Waals surface area contributed by atoms with Gasteiger partial charge in [-0.3, -0.25) is 9.59 Å². The Hall–Kier alpha value is -2.38. The van der Waals surface area contributed by atoms with Crippen molar-refractivity contribution in [3.05, 3.63) is 35.4 Å². The molecule has 8 heteroatoms. The van der Waals surface area contributed by atoms with E-state index in [1.165, 1.54) is 6.92 Å². The SMILES string of the molecule is CC1CC(=O)N(OC(=O)Cc2ccc(C(F)(F)F)cc2)C1=O. The van der Waals surface area contributed by atoms with E-state index >= 15 is 0 Å². The van der Waals surface area contributed by atoms with E-state index in [1.807, 2.05) is 0 Å². The third kappa shape index (κ3) is 3.44. The molecule has 1 fully saturated rings. The normalized spacial score (nSPS) is 18.7. The van der Waals surface area contributed by atoms with Gasteiger partial charge in [-0.05, 0) is 17.7 Å². The molecule has 1 aromatic rings. The number of hydrogen-bond donors (Lipinski definition) is 0. The van der Waals surface area contributed by atoms with Crippen LogP contribution >= 0.6 is 0 Å². The van der Waals surface area contributed by atoms with Gasteiger partial charge in [0, 0.05) is 12.3 Å². The van der Waals surface area contributed by atoms with Gasteiger partial charge in [-0.25, -0.2) is 4.79 Å². The highest BCUT2D eigenvalue weighted by Crippen LogP contribution is 2.29. The fourth-order valence-electron chi connectivity index (χ4n) is 1.96. The predicted octanol–water partition coefficient (Wildman–Crippen LogP) is 2.10. The summed E-state index contributed by atoms with van der Waals surface area (Å²) in [5, 5.41) is 0.414. The molecule has 1 saturated heterocycles. The van der Waals surface area contributed by atoms with E-state index in [0.717, 1.165) is 24.3 Å². The van der Waals surface area contributed by atoms with Crippen LogP contribution in [0.15, 0.2) is 24.3 Å². The Morgan fingerprint density at radius 1 is 1.27 bits per heavy atom. The number of rotatable bonds is 3. The number of carbonyl (C=O) groups is 3. The highest BCUT2D eigenvalue weighted by atomic mass is 19.4.